The van der Waals surface area contributed by atoms with E-state index in [1.54, 1.807) is 0 Å². The highest BCUT2D eigenvalue weighted by Gasteiger charge is 2.24. The predicted octanol–water partition coefficient (Wildman–Crippen LogP) is 4.11. The summed E-state index contributed by atoms with van der Waals surface area (Å²) in [6, 6.07) is 9.79. The molecule has 0 spiro atoms. The molecule has 0 heterocycles. The van der Waals surface area contributed by atoms with Gasteiger partial charge in [-0.2, -0.15) is 0 Å². The van der Waals surface area contributed by atoms with Crippen molar-refractivity contribution < 1.29 is 4.74 Å². The van der Waals surface area contributed by atoms with Crippen molar-refractivity contribution in [3.8, 4) is 0 Å². The number of methoxy groups -OCH3 is 1. The van der Waals surface area contributed by atoms with Gasteiger partial charge in [-0.05, 0) is 70.9 Å². The number of aryl methyl sites for hydroxylation is 1. The highest BCUT2D eigenvalue weighted by atomic mass is 16.5. The average molecular weight is 289 g/mol. The fourth-order valence-corrected chi connectivity index (χ4v) is 2.61. The first-order valence-electron chi connectivity index (χ1n) is 8.32. The fraction of sp³-hybridized carbons (Fsp3) is 0.684. The molecule has 2 heteroatoms. The van der Waals surface area contributed by atoms with Gasteiger partial charge in [0.25, 0.3) is 0 Å². The van der Waals surface area contributed by atoms with Crippen LogP contribution in [0, 0.1) is 12.8 Å². The van der Waals surface area contributed by atoms with Crippen LogP contribution in [0.5, 0.6) is 0 Å². The van der Waals surface area contributed by atoms with Crippen molar-refractivity contribution in [2.24, 2.45) is 5.92 Å². The molecule has 1 aliphatic carbocycles. The summed E-state index contributed by atoms with van der Waals surface area (Å²) < 4.78 is 5.57. The van der Waals surface area contributed by atoms with Crippen molar-refractivity contribution in [3.63, 3.8) is 0 Å². The molecule has 0 amide bonds. The Kier molecular flexibility index (Phi) is 5.83. The van der Waals surface area contributed by atoms with Crippen molar-refractivity contribution >= 4 is 0 Å². The molecule has 118 valence electrons. The molecule has 0 saturated heterocycles. The molecule has 1 saturated carbocycles. The van der Waals surface area contributed by atoms with Crippen LogP contribution >= 0.6 is 0 Å². The molecule has 2 rings (SSSR count). The Morgan fingerprint density at radius 2 is 1.90 bits per heavy atom. The van der Waals surface area contributed by atoms with Gasteiger partial charge in [-0.15, -0.1) is 0 Å². The van der Waals surface area contributed by atoms with E-state index < -0.39 is 0 Å². The Labute approximate surface area is 130 Å². The molecule has 1 aromatic carbocycles. The minimum Gasteiger partial charge on any atom is -0.379 e. The maximum absolute atomic E-state index is 5.57. The average Bonchev–Trinajstić information content (AvgIpc) is 3.28. The van der Waals surface area contributed by atoms with Crippen LogP contribution in [0.15, 0.2) is 24.3 Å². The molecule has 21 heavy (non-hydrogen) atoms. The number of benzene rings is 1. The molecule has 2 nitrogen and oxygen atoms in total. The quantitative estimate of drug-likeness (QED) is 0.738. The Morgan fingerprint density at radius 3 is 2.48 bits per heavy atom. The molecule has 0 bridgehead atoms. The van der Waals surface area contributed by atoms with Crippen LogP contribution in [0.1, 0.15) is 50.7 Å². The summed E-state index contributed by atoms with van der Waals surface area (Å²) in [4.78, 5) is 0. The van der Waals surface area contributed by atoms with Crippen molar-refractivity contribution in [2.45, 2.75) is 64.5 Å². The summed E-state index contributed by atoms with van der Waals surface area (Å²) in [5, 5.41) is 3.70. The number of rotatable bonds is 9. The van der Waals surface area contributed by atoms with Crippen LogP contribution in [-0.4, -0.2) is 25.3 Å². The van der Waals surface area contributed by atoms with E-state index >= 15 is 0 Å². The van der Waals surface area contributed by atoms with Crippen LogP contribution in [0.4, 0.5) is 0 Å². The molecule has 1 atom stereocenters. The second-order valence-corrected chi connectivity index (χ2v) is 7.24. The van der Waals surface area contributed by atoms with E-state index in [9.17, 15) is 0 Å². The Hall–Kier alpha value is -0.860. The van der Waals surface area contributed by atoms with Gasteiger partial charge in [-0.1, -0.05) is 29.8 Å². The van der Waals surface area contributed by atoms with Gasteiger partial charge in [0.15, 0.2) is 0 Å². The molecule has 1 fully saturated rings. The van der Waals surface area contributed by atoms with E-state index in [1.165, 1.54) is 36.8 Å². The topological polar surface area (TPSA) is 21.3 Å². The third kappa shape index (κ3) is 6.19. The molecule has 1 N–H and O–H groups in total. The Balaban J connectivity index is 1.88. The van der Waals surface area contributed by atoms with E-state index in [1.807, 2.05) is 7.11 Å². The van der Waals surface area contributed by atoms with Crippen molar-refractivity contribution in [1.82, 2.24) is 5.32 Å². The molecule has 1 aliphatic rings. The lowest BCUT2D eigenvalue weighted by molar-refractivity contribution is 0.0103. The van der Waals surface area contributed by atoms with Crippen LogP contribution in [-0.2, 0) is 11.2 Å². The Bertz CT molecular complexity index is 420. The van der Waals surface area contributed by atoms with Gasteiger partial charge >= 0.3 is 0 Å². The lowest BCUT2D eigenvalue weighted by Crippen LogP contribution is -2.29. The van der Waals surface area contributed by atoms with E-state index in [0.29, 0.717) is 5.92 Å². The SMILES string of the molecule is COC(C)(C)CCC(CNC1CC1)Cc1ccc(C)cc1. The van der Waals surface area contributed by atoms with Gasteiger partial charge < -0.3 is 10.1 Å². The summed E-state index contributed by atoms with van der Waals surface area (Å²) in [6.07, 6.45) is 6.22. The van der Waals surface area contributed by atoms with Crippen molar-refractivity contribution in [1.29, 1.82) is 0 Å². The molecule has 0 radical (unpaired) electrons. The summed E-state index contributed by atoms with van der Waals surface area (Å²) in [5.74, 6) is 0.697. The number of hydrogen-bond acceptors (Lipinski definition) is 2. The summed E-state index contributed by atoms with van der Waals surface area (Å²) >= 11 is 0. The maximum atomic E-state index is 5.57. The molecule has 1 aromatic rings. The van der Waals surface area contributed by atoms with Gasteiger partial charge in [0.1, 0.15) is 0 Å². The summed E-state index contributed by atoms with van der Waals surface area (Å²) in [7, 11) is 1.82. The van der Waals surface area contributed by atoms with E-state index in [4.69, 9.17) is 4.74 Å². The third-order valence-corrected chi connectivity index (χ3v) is 4.62. The summed E-state index contributed by atoms with van der Waals surface area (Å²) in [6.45, 7) is 7.66. The predicted molar refractivity (Wildman–Crippen MR) is 89.7 cm³/mol. The second kappa shape index (κ2) is 7.42. The van der Waals surface area contributed by atoms with Crippen LogP contribution in [0.2, 0.25) is 0 Å². The number of hydrogen-bond donors (Lipinski definition) is 1. The lowest BCUT2D eigenvalue weighted by atomic mass is 9.90. The second-order valence-electron chi connectivity index (χ2n) is 7.24. The Morgan fingerprint density at radius 1 is 1.24 bits per heavy atom. The lowest BCUT2D eigenvalue weighted by Gasteiger charge is -2.26. The largest absolute Gasteiger partial charge is 0.379 e. The minimum absolute atomic E-state index is 0.00882. The smallest absolute Gasteiger partial charge is 0.0622 e. The normalized spacial score (nSPS) is 17.0. The third-order valence-electron chi connectivity index (χ3n) is 4.62. The molecular formula is C19H31NO. The minimum atomic E-state index is -0.00882. The fourth-order valence-electron chi connectivity index (χ4n) is 2.61. The van der Waals surface area contributed by atoms with Gasteiger partial charge in [0, 0.05) is 13.2 Å². The van der Waals surface area contributed by atoms with Crippen LogP contribution in [0.25, 0.3) is 0 Å². The molecule has 1 unspecified atom stereocenters. The van der Waals surface area contributed by atoms with E-state index in [-0.39, 0.29) is 5.60 Å². The van der Waals surface area contributed by atoms with Gasteiger partial charge in [0.05, 0.1) is 5.60 Å². The highest BCUT2D eigenvalue weighted by Crippen LogP contribution is 2.24. The number of ether oxygens (including phenoxy) is 1. The van der Waals surface area contributed by atoms with Gasteiger partial charge in [-0.25, -0.2) is 0 Å². The van der Waals surface area contributed by atoms with Crippen LogP contribution in [0.3, 0.4) is 0 Å². The molecular weight excluding hydrogens is 258 g/mol. The monoisotopic (exact) mass is 289 g/mol. The first-order chi connectivity index (χ1) is 9.98. The van der Waals surface area contributed by atoms with Gasteiger partial charge in [0.2, 0.25) is 0 Å². The van der Waals surface area contributed by atoms with Gasteiger partial charge in [-0.3, -0.25) is 0 Å². The number of nitrogens with one attached hydrogen (secondary N) is 1. The first kappa shape index (κ1) is 16.5. The molecule has 0 aromatic heterocycles. The zero-order valence-electron chi connectivity index (χ0n) is 14.1. The van der Waals surface area contributed by atoms with E-state index in [0.717, 1.165) is 19.0 Å². The van der Waals surface area contributed by atoms with Crippen molar-refractivity contribution in [2.75, 3.05) is 13.7 Å². The zero-order valence-corrected chi connectivity index (χ0v) is 14.1. The summed E-state index contributed by atoms with van der Waals surface area (Å²) in [5.41, 5.74) is 2.79. The highest BCUT2D eigenvalue weighted by molar-refractivity contribution is 5.21. The standard InChI is InChI=1S/C19H31NO/c1-15-5-7-16(8-6-15)13-17(14-20-18-9-10-18)11-12-19(2,3)21-4/h5-8,17-18,20H,9-14H2,1-4H3. The van der Waals surface area contributed by atoms with E-state index in [2.05, 4.69) is 50.4 Å². The zero-order chi connectivity index (χ0) is 15.3. The van der Waals surface area contributed by atoms with Crippen molar-refractivity contribution in [3.05, 3.63) is 35.4 Å². The van der Waals surface area contributed by atoms with Crippen LogP contribution < -0.4 is 5.32 Å². The maximum Gasteiger partial charge on any atom is 0.0622 e. The first-order valence-corrected chi connectivity index (χ1v) is 8.32. The molecule has 0 aliphatic heterocycles.